The summed E-state index contributed by atoms with van der Waals surface area (Å²) in [6, 6.07) is 7.06. The van der Waals surface area contributed by atoms with E-state index >= 15 is 0 Å². The van der Waals surface area contributed by atoms with Crippen molar-refractivity contribution in [3.63, 3.8) is 0 Å². The number of pyridine rings is 1. The summed E-state index contributed by atoms with van der Waals surface area (Å²) < 4.78 is 58.8. The van der Waals surface area contributed by atoms with Crippen molar-refractivity contribution >= 4 is 44.6 Å². The third-order valence-corrected chi connectivity index (χ3v) is 11.9. The van der Waals surface area contributed by atoms with Gasteiger partial charge in [0.05, 0.1) is 11.9 Å². The maximum Gasteiger partial charge on any atom is 0.407 e. The molecule has 17 heteroatoms. The number of nitrogens with zero attached hydrogens (tertiary/aromatic N) is 1. The predicted molar refractivity (Wildman–Crippen MR) is 238 cm³/mol. The number of rotatable bonds is 7. The van der Waals surface area contributed by atoms with Gasteiger partial charge in [-0.25, -0.2) is 22.0 Å². The van der Waals surface area contributed by atoms with Gasteiger partial charge in [0.15, 0.2) is 5.60 Å². The highest BCUT2D eigenvalue weighted by atomic mass is 32.2. The van der Waals surface area contributed by atoms with E-state index in [0.717, 1.165) is 70.1 Å². The number of carbonyl (C=O) groups is 4. The van der Waals surface area contributed by atoms with E-state index in [2.05, 4.69) is 40.3 Å². The van der Waals surface area contributed by atoms with Gasteiger partial charge in [0, 0.05) is 56.3 Å². The number of ether oxygens (including phenoxy) is 2. The van der Waals surface area contributed by atoms with Gasteiger partial charge in [-0.05, 0) is 107 Å². The summed E-state index contributed by atoms with van der Waals surface area (Å²) in [4.78, 5) is 61.6. The number of alkyl halides is 2. The van der Waals surface area contributed by atoms with Gasteiger partial charge in [0.25, 0.3) is 11.5 Å². The molecular weight excluding hydrogens is 801 g/mol. The number of alkyl carbamates (subject to hydrolysis) is 1. The van der Waals surface area contributed by atoms with Crippen LogP contribution in [0.3, 0.4) is 0 Å². The maximum absolute atomic E-state index is 12.7. The Hall–Kier alpha value is -4.54. The normalized spacial score (nSPS) is 20.2. The van der Waals surface area contributed by atoms with Crippen molar-refractivity contribution in [1.82, 2.24) is 25.2 Å². The van der Waals surface area contributed by atoms with Crippen LogP contribution in [0, 0.1) is 11.8 Å². The quantitative estimate of drug-likeness (QED) is 0.200. The first kappa shape index (κ1) is 53.5. The highest BCUT2D eigenvalue weighted by molar-refractivity contribution is 7.90. The Labute approximate surface area is 359 Å². The summed E-state index contributed by atoms with van der Waals surface area (Å²) in [6.45, 7) is 16.5. The van der Waals surface area contributed by atoms with Gasteiger partial charge in [-0.3, -0.25) is 23.9 Å². The fraction of sp³-hybridized carbons (Fsp3) is 0.651. The summed E-state index contributed by atoms with van der Waals surface area (Å²) in [5, 5.41) is 6.33. The van der Waals surface area contributed by atoms with Crippen molar-refractivity contribution in [2.45, 2.75) is 143 Å². The Balaban J connectivity index is -0.000000773. The minimum Gasteiger partial charge on any atom is -0.494 e. The van der Waals surface area contributed by atoms with Crippen LogP contribution in [0.15, 0.2) is 47.4 Å². The number of aromatic amines is 1. The fourth-order valence-corrected chi connectivity index (χ4v) is 7.43. The molecule has 1 saturated heterocycles. The second-order valence-corrected chi connectivity index (χ2v) is 17.2. The van der Waals surface area contributed by atoms with Crippen molar-refractivity contribution in [2.75, 3.05) is 26.7 Å². The van der Waals surface area contributed by atoms with Crippen LogP contribution in [0.25, 0.3) is 10.8 Å². The molecule has 4 N–H and O–H groups in total. The first-order valence-electron chi connectivity index (χ1n) is 20.9. The van der Waals surface area contributed by atoms with Gasteiger partial charge in [-0.1, -0.05) is 46.3 Å². The molecule has 3 aliphatic rings. The number of hydrogen-bond donors (Lipinski definition) is 4. The molecule has 14 nitrogen and oxygen atoms in total. The van der Waals surface area contributed by atoms with Crippen LogP contribution in [-0.4, -0.2) is 91.7 Å². The molecule has 0 radical (unpaired) electrons. The van der Waals surface area contributed by atoms with Crippen molar-refractivity contribution in [3.05, 3.63) is 53.0 Å². The molecule has 2 fully saturated rings. The van der Waals surface area contributed by atoms with Crippen molar-refractivity contribution in [2.24, 2.45) is 11.8 Å². The molecule has 5 rings (SSSR count). The van der Waals surface area contributed by atoms with Crippen molar-refractivity contribution < 1.29 is 50.1 Å². The molecule has 2 aromatic rings. The number of carbonyl (C=O) groups excluding carboxylic acids is 4. The van der Waals surface area contributed by atoms with E-state index < -0.39 is 33.5 Å². The Morgan fingerprint density at radius 2 is 1.68 bits per heavy atom. The van der Waals surface area contributed by atoms with Gasteiger partial charge >= 0.3 is 6.09 Å². The van der Waals surface area contributed by atoms with Gasteiger partial charge in [0.2, 0.25) is 27.7 Å². The van der Waals surface area contributed by atoms with Crippen molar-refractivity contribution in [3.8, 4) is 5.75 Å². The van der Waals surface area contributed by atoms with Crippen LogP contribution in [0.5, 0.6) is 5.75 Å². The highest BCUT2D eigenvalue weighted by Crippen LogP contribution is 2.31. The minimum absolute atomic E-state index is 0. The zero-order chi connectivity index (χ0) is 45.7. The minimum atomic E-state index is -3.29. The van der Waals surface area contributed by atoms with E-state index in [1.807, 2.05) is 48.6 Å². The number of amides is 4. The highest BCUT2D eigenvalue weighted by Gasteiger charge is 2.45. The summed E-state index contributed by atoms with van der Waals surface area (Å²) in [7, 11) is -1.97. The topological polar surface area (TPSA) is 193 Å². The molecule has 1 aliphatic carbocycles. The summed E-state index contributed by atoms with van der Waals surface area (Å²) >= 11 is 0. The number of aromatic nitrogens is 1. The lowest BCUT2D eigenvalue weighted by molar-refractivity contribution is -0.149. The summed E-state index contributed by atoms with van der Waals surface area (Å²) in [5.74, 6) is -1.50. The van der Waals surface area contributed by atoms with Gasteiger partial charge in [0.1, 0.15) is 11.8 Å². The Morgan fingerprint density at radius 3 is 2.25 bits per heavy atom. The number of allylic oxidation sites excluding steroid dienone is 1. The number of fused-ring (bicyclic) bond motifs is 2. The Bertz CT molecular complexity index is 1880. The molecule has 1 aromatic heterocycles. The van der Waals surface area contributed by atoms with Gasteiger partial charge in [-0.2, -0.15) is 0 Å². The first-order valence-corrected chi connectivity index (χ1v) is 22.5. The molecule has 2 aliphatic heterocycles. The molecule has 4 amide bonds. The van der Waals surface area contributed by atoms with Crippen LogP contribution in [0.4, 0.5) is 13.6 Å². The summed E-state index contributed by atoms with van der Waals surface area (Å²) in [5.41, 5.74) is -1.85. The average Bonchev–Trinajstić information content (AvgIpc) is 3.94. The first-order chi connectivity index (χ1) is 28.1. The number of benzene rings is 1. The van der Waals surface area contributed by atoms with E-state index in [1.165, 1.54) is 14.0 Å². The van der Waals surface area contributed by atoms with Crippen LogP contribution in [0.2, 0.25) is 0 Å². The molecule has 3 heterocycles. The number of hydrogen-bond acceptors (Lipinski definition) is 9. The van der Waals surface area contributed by atoms with E-state index in [4.69, 9.17) is 4.74 Å². The number of halogens is 2. The van der Waals surface area contributed by atoms with Crippen LogP contribution >= 0.6 is 0 Å². The second-order valence-electron chi connectivity index (χ2n) is 15.3. The lowest BCUT2D eigenvalue weighted by Crippen LogP contribution is -2.46. The molecule has 1 saturated carbocycles. The van der Waals surface area contributed by atoms with E-state index in [1.54, 1.807) is 18.3 Å². The molecule has 346 valence electrons. The zero-order valence-corrected chi connectivity index (χ0v) is 37.9. The lowest BCUT2D eigenvalue weighted by Gasteiger charge is -2.30. The molecule has 60 heavy (non-hydrogen) atoms. The molecule has 0 spiro atoms. The predicted octanol–water partition coefficient (Wildman–Crippen LogP) is 7.97. The number of sulfonamides is 1. The third-order valence-electron chi connectivity index (χ3n) is 9.95. The third kappa shape index (κ3) is 18.8. The lowest BCUT2D eigenvalue weighted by atomic mass is 9.88. The molecular formula is C43H75F2N5O9S. The Kier molecular flexibility index (Phi) is 23.1. The van der Waals surface area contributed by atoms with Gasteiger partial charge in [-0.15, -0.1) is 0 Å². The molecule has 0 bridgehead atoms. The number of H-pyrrole nitrogens is 1. The average molecular weight is 876 g/mol. The Morgan fingerprint density at radius 1 is 1.02 bits per heavy atom. The van der Waals surface area contributed by atoms with E-state index in [9.17, 15) is 41.2 Å². The standard InChI is InChI=1S/C18H30N2O2.C11H11NO2.C7H13F2NO2.C5H9NO3S.C2H6.3H2/c1-3-15-12-14(2)8-5-4-6-10-19-18(22)16-9-7-11-20(16)17(21)13-15;1-2-14-9-3-4-10-8(7-9)5-6-12-11(10)13;1-6(2,7(3,8)9)12-5(11)10-4;1-4(7)6-10(8,9)5-2-3-5;1-2;;;/h4,6,14-16H,3,5,7-13H2,1-2H3,(H,19,22);3-7H,2H2,1H3,(H,12,13);1-4H3,(H,10,11);5H,2-3H2,1H3,(H,6,7);1-2H3;3*1H/b6-4-;;;;;;;/t14-,15+,16-;;;;;;;/m0......./s1. The SMILES string of the molecule is CC.CC(=O)NS(=O)(=O)C1CC1.CCOc1ccc2c(=O)[nH]ccc2c1.CC[C@H]1CC(=O)N2CCC[C@H]2C(=O)NC/C=C\CC[C@H](C)C1.CNC(=O)OC(C)(C)C(C)(F)F.[HH].[HH].[HH]. The monoisotopic (exact) mass is 876 g/mol. The summed E-state index contributed by atoms with van der Waals surface area (Å²) in [6.07, 6.45) is 13.0. The van der Waals surface area contributed by atoms with Crippen LogP contribution in [-0.2, 0) is 29.1 Å². The van der Waals surface area contributed by atoms with Gasteiger partial charge < -0.3 is 30.0 Å². The molecule has 0 unspecified atom stereocenters. The molecule has 1 aromatic carbocycles. The fourth-order valence-electron chi connectivity index (χ4n) is 6.10. The molecule has 3 atom stereocenters. The van der Waals surface area contributed by atoms with E-state index in [-0.39, 0.29) is 32.9 Å². The maximum atomic E-state index is 12.7. The van der Waals surface area contributed by atoms with E-state index in [0.29, 0.717) is 56.6 Å². The zero-order valence-electron chi connectivity index (χ0n) is 37.1. The van der Waals surface area contributed by atoms with Crippen molar-refractivity contribution in [1.29, 1.82) is 0 Å². The van der Waals surface area contributed by atoms with Crippen LogP contribution in [0.1, 0.15) is 124 Å². The largest absolute Gasteiger partial charge is 0.494 e. The van der Waals surface area contributed by atoms with Crippen LogP contribution < -0.4 is 25.7 Å². The second kappa shape index (κ2) is 25.9. The smallest absolute Gasteiger partial charge is 0.407 e. The number of nitrogens with one attached hydrogen (secondary N) is 4.